The molecule has 1 N–H and O–H groups in total. The van der Waals surface area contributed by atoms with Crippen LogP contribution in [0.3, 0.4) is 0 Å². The molecule has 4 rings (SSSR count). The van der Waals surface area contributed by atoms with Gasteiger partial charge in [0.15, 0.2) is 11.5 Å². The molecule has 1 fully saturated rings. The molecule has 0 spiro atoms. The highest BCUT2D eigenvalue weighted by molar-refractivity contribution is 6.07. The summed E-state index contributed by atoms with van der Waals surface area (Å²) in [5.41, 5.74) is 4.96. The van der Waals surface area contributed by atoms with Crippen LogP contribution in [0.15, 0.2) is 32.3 Å². The van der Waals surface area contributed by atoms with E-state index in [0.29, 0.717) is 5.76 Å². The molecule has 28 heavy (non-hydrogen) atoms. The van der Waals surface area contributed by atoms with Crippen LogP contribution in [0, 0.1) is 6.92 Å². The molecule has 2 aromatic heterocycles. The van der Waals surface area contributed by atoms with Gasteiger partial charge in [0.25, 0.3) is 5.91 Å². The quantitative estimate of drug-likeness (QED) is 0.819. The Bertz CT molecular complexity index is 910. The molecule has 1 saturated heterocycles. The summed E-state index contributed by atoms with van der Waals surface area (Å²) in [6.07, 6.45) is 7.01. The number of amides is 2. The van der Waals surface area contributed by atoms with Crippen LogP contribution in [0.5, 0.6) is 0 Å². The average Bonchev–Trinajstić information content (AvgIpc) is 3.35. The number of carbonyl (C=O) groups excluding carboxylic acids is 2. The first-order valence-corrected chi connectivity index (χ1v) is 9.90. The molecule has 2 aromatic rings. The lowest BCUT2D eigenvalue weighted by Gasteiger charge is -2.32. The standard InChI is InChI=1S/C21H25N3O4/c1-13-7-3-4-11-24(13)21(26)19-14(2)18-15(8-5-9-16(18)28-19)22-23-20(25)17-10-6-12-27-17/h6,10,12-13H,3-5,7-9,11H2,1-2H3,(H,23,25)/b22-15+. The van der Waals surface area contributed by atoms with Crippen molar-refractivity contribution in [3.63, 3.8) is 0 Å². The zero-order chi connectivity index (χ0) is 19.7. The van der Waals surface area contributed by atoms with Gasteiger partial charge in [-0.05, 0) is 58.1 Å². The molecule has 1 unspecified atom stereocenters. The van der Waals surface area contributed by atoms with Gasteiger partial charge in [0.05, 0.1) is 12.0 Å². The number of hydrogen-bond donors (Lipinski definition) is 1. The number of carbonyl (C=O) groups is 2. The van der Waals surface area contributed by atoms with Crippen LogP contribution in [0.2, 0.25) is 0 Å². The first-order chi connectivity index (χ1) is 13.6. The number of piperidine rings is 1. The normalized spacial score (nSPS) is 20.9. The molecule has 2 amide bonds. The fourth-order valence-electron chi connectivity index (χ4n) is 4.10. The molecular weight excluding hydrogens is 358 g/mol. The molecule has 148 valence electrons. The van der Waals surface area contributed by atoms with Gasteiger partial charge in [0.2, 0.25) is 0 Å². The molecule has 0 saturated carbocycles. The summed E-state index contributed by atoms with van der Waals surface area (Å²) in [6, 6.07) is 3.46. The zero-order valence-corrected chi connectivity index (χ0v) is 16.3. The third kappa shape index (κ3) is 3.37. The summed E-state index contributed by atoms with van der Waals surface area (Å²) in [5, 5.41) is 4.31. The van der Waals surface area contributed by atoms with E-state index in [1.54, 1.807) is 12.1 Å². The van der Waals surface area contributed by atoms with Gasteiger partial charge in [-0.25, -0.2) is 5.43 Å². The molecule has 0 radical (unpaired) electrons. The van der Waals surface area contributed by atoms with Gasteiger partial charge in [0, 0.05) is 30.1 Å². The van der Waals surface area contributed by atoms with E-state index in [1.807, 2.05) is 11.8 Å². The molecule has 2 aliphatic rings. The average molecular weight is 383 g/mol. The van der Waals surface area contributed by atoms with Gasteiger partial charge in [-0.2, -0.15) is 5.10 Å². The Kier molecular flexibility index (Phi) is 5.07. The van der Waals surface area contributed by atoms with Gasteiger partial charge >= 0.3 is 5.91 Å². The number of nitrogens with zero attached hydrogens (tertiary/aromatic N) is 2. The van der Waals surface area contributed by atoms with Crippen LogP contribution in [0.25, 0.3) is 0 Å². The van der Waals surface area contributed by atoms with E-state index in [9.17, 15) is 9.59 Å². The lowest BCUT2D eigenvalue weighted by Crippen LogP contribution is -2.42. The number of aryl methyl sites for hydroxylation is 1. The second kappa shape index (κ2) is 7.66. The van der Waals surface area contributed by atoms with E-state index in [1.165, 1.54) is 6.26 Å². The highest BCUT2D eigenvalue weighted by Crippen LogP contribution is 2.31. The Hall–Kier alpha value is -2.83. The number of likely N-dealkylation sites (tertiary alicyclic amines) is 1. The lowest BCUT2D eigenvalue weighted by molar-refractivity contribution is 0.0600. The summed E-state index contributed by atoms with van der Waals surface area (Å²) < 4.78 is 11.1. The third-order valence-corrected chi connectivity index (χ3v) is 5.62. The lowest BCUT2D eigenvalue weighted by atomic mass is 9.93. The van der Waals surface area contributed by atoms with Crippen LogP contribution in [0.1, 0.15) is 77.0 Å². The zero-order valence-electron chi connectivity index (χ0n) is 16.3. The number of fused-ring (bicyclic) bond motifs is 1. The Labute approximate surface area is 163 Å². The van der Waals surface area contributed by atoms with E-state index >= 15 is 0 Å². The van der Waals surface area contributed by atoms with Crippen molar-refractivity contribution in [2.75, 3.05) is 6.54 Å². The maximum absolute atomic E-state index is 13.1. The van der Waals surface area contributed by atoms with Gasteiger partial charge in [0.1, 0.15) is 5.76 Å². The minimum Gasteiger partial charge on any atom is -0.459 e. The van der Waals surface area contributed by atoms with Crippen LogP contribution in [-0.4, -0.2) is 35.0 Å². The second-order valence-electron chi connectivity index (χ2n) is 7.53. The fraction of sp³-hybridized carbons (Fsp3) is 0.476. The third-order valence-electron chi connectivity index (χ3n) is 5.62. The fourth-order valence-corrected chi connectivity index (χ4v) is 4.10. The molecular formula is C21H25N3O4. The first kappa shape index (κ1) is 18.5. The minimum absolute atomic E-state index is 0.0435. The number of nitrogens with one attached hydrogen (secondary N) is 1. The van der Waals surface area contributed by atoms with E-state index < -0.39 is 5.91 Å². The molecule has 1 atom stereocenters. The summed E-state index contributed by atoms with van der Waals surface area (Å²) in [5.74, 6) is 0.954. The second-order valence-corrected chi connectivity index (χ2v) is 7.53. The monoisotopic (exact) mass is 383 g/mol. The number of hydrogen-bond acceptors (Lipinski definition) is 5. The Morgan fingerprint density at radius 2 is 2.11 bits per heavy atom. The molecule has 7 nitrogen and oxygen atoms in total. The minimum atomic E-state index is -0.399. The van der Waals surface area contributed by atoms with Gasteiger partial charge in [-0.3, -0.25) is 9.59 Å². The maximum atomic E-state index is 13.1. The van der Waals surface area contributed by atoms with E-state index in [0.717, 1.165) is 67.7 Å². The Morgan fingerprint density at radius 3 is 2.86 bits per heavy atom. The highest BCUT2D eigenvalue weighted by Gasteiger charge is 2.32. The van der Waals surface area contributed by atoms with E-state index in [2.05, 4.69) is 17.5 Å². The van der Waals surface area contributed by atoms with Crippen LogP contribution in [0.4, 0.5) is 0 Å². The van der Waals surface area contributed by atoms with Crippen molar-refractivity contribution in [3.8, 4) is 0 Å². The molecule has 0 aromatic carbocycles. The summed E-state index contributed by atoms with van der Waals surface area (Å²) in [4.78, 5) is 27.1. The molecule has 3 heterocycles. The summed E-state index contributed by atoms with van der Waals surface area (Å²) >= 11 is 0. The number of rotatable bonds is 3. The molecule has 1 aliphatic heterocycles. The molecule has 0 bridgehead atoms. The predicted octanol–water partition coefficient (Wildman–Crippen LogP) is 3.67. The van der Waals surface area contributed by atoms with Gasteiger partial charge in [-0.1, -0.05) is 0 Å². The molecule has 1 aliphatic carbocycles. The van der Waals surface area contributed by atoms with Crippen molar-refractivity contribution in [2.45, 2.75) is 58.4 Å². The highest BCUT2D eigenvalue weighted by atomic mass is 16.4. The SMILES string of the molecule is Cc1c(C(=O)N2CCCCC2C)oc2c1/C(=N/NC(=O)c1ccco1)CCC2. The van der Waals surface area contributed by atoms with E-state index in [4.69, 9.17) is 8.83 Å². The van der Waals surface area contributed by atoms with Crippen LogP contribution in [-0.2, 0) is 6.42 Å². The van der Waals surface area contributed by atoms with Gasteiger partial charge < -0.3 is 13.7 Å². The topological polar surface area (TPSA) is 88.0 Å². The number of hydrazone groups is 1. The smallest absolute Gasteiger partial charge is 0.307 e. The summed E-state index contributed by atoms with van der Waals surface area (Å²) in [7, 11) is 0. The molecule has 7 heteroatoms. The maximum Gasteiger partial charge on any atom is 0.307 e. The van der Waals surface area contributed by atoms with Gasteiger partial charge in [-0.15, -0.1) is 0 Å². The largest absolute Gasteiger partial charge is 0.459 e. The van der Waals surface area contributed by atoms with Crippen molar-refractivity contribution < 1.29 is 18.4 Å². The predicted molar refractivity (Wildman–Crippen MR) is 103 cm³/mol. The van der Waals surface area contributed by atoms with Crippen LogP contribution < -0.4 is 5.43 Å². The van der Waals surface area contributed by atoms with Crippen molar-refractivity contribution in [1.82, 2.24) is 10.3 Å². The van der Waals surface area contributed by atoms with Crippen molar-refractivity contribution in [1.29, 1.82) is 0 Å². The van der Waals surface area contributed by atoms with Crippen molar-refractivity contribution >= 4 is 17.5 Å². The Balaban J connectivity index is 1.60. The van der Waals surface area contributed by atoms with Crippen molar-refractivity contribution in [2.24, 2.45) is 5.10 Å². The Morgan fingerprint density at radius 1 is 1.25 bits per heavy atom. The van der Waals surface area contributed by atoms with Crippen molar-refractivity contribution in [3.05, 3.63) is 46.8 Å². The van der Waals surface area contributed by atoms with E-state index in [-0.39, 0.29) is 17.7 Å². The first-order valence-electron chi connectivity index (χ1n) is 9.90. The van der Waals surface area contributed by atoms with Crippen LogP contribution >= 0.6 is 0 Å². The number of furan rings is 2. The summed E-state index contributed by atoms with van der Waals surface area (Å²) in [6.45, 7) is 4.76.